The number of amides is 1. The smallest absolute Gasteiger partial charge is 0.308 e. The van der Waals surface area contributed by atoms with E-state index in [1.807, 2.05) is 6.07 Å². The van der Waals surface area contributed by atoms with E-state index >= 15 is 0 Å². The Morgan fingerprint density at radius 3 is 2.77 bits per heavy atom. The highest BCUT2D eigenvalue weighted by Gasteiger charge is 2.49. The first kappa shape index (κ1) is 21.4. The summed E-state index contributed by atoms with van der Waals surface area (Å²) >= 11 is 0. The molecule has 1 fully saturated rings. The summed E-state index contributed by atoms with van der Waals surface area (Å²) in [5.74, 6) is -0.790. The number of hydrogen-bond donors (Lipinski definition) is 2. The molecule has 160 valence electrons. The molecular weight excluding hydrogens is 390 g/mol. The molecule has 30 heavy (non-hydrogen) atoms. The number of carboxylic acid groups (broad SMARTS) is 1. The number of nitrogens with one attached hydrogen (secondary N) is 1. The molecule has 1 heterocycles. The van der Waals surface area contributed by atoms with E-state index in [4.69, 9.17) is 19.6 Å². The molecule has 1 aliphatic heterocycles. The van der Waals surface area contributed by atoms with Crippen LogP contribution in [-0.4, -0.2) is 48.1 Å². The Bertz CT molecular complexity index is 872. The Morgan fingerprint density at radius 1 is 1.33 bits per heavy atom. The van der Waals surface area contributed by atoms with Crippen molar-refractivity contribution in [3.63, 3.8) is 0 Å². The van der Waals surface area contributed by atoms with Gasteiger partial charge < -0.3 is 24.7 Å². The molecule has 0 radical (unpaired) electrons. The van der Waals surface area contributed by atoms with Crippen LogP contribution in [0.1, 0.15) is 50.5 Å². The second kappa shape index (κ2) is 9.48. The molecule has 0 spiro atoms. The van der Waals surface area contributed by atoms with Gasteiger partial charge in [0.05, 0.1) is 19.2 Å². The highest BCUT2D eigenvalue weighted by atomic mass is 16.7. The summed E-state index contributed by atoms with van der Waals surface area (Å²) in [6, 6.07) is 6.91. The molecule has 1 saturated carbocycles. The zero-order valence-electron chi connectivity index (χ0n) is 16.8. The number of hydrogen-bond acceptors (Lipinski definition) is 7. The molecule has 1 atom stereocenters. The van der Waals surface area contributed by atoms with E-state index in [0.717, 1.165) is 32.1 Å². The lowest BCUT2D eigenvalue weighted by Gasteiger charge is -2.29. The molecular formula is C21H25N3O6. The second-order valence-electron chi connectivity index (χ2n) is 7.49. The number of nitriles is 1. The van der Waals surface area contributed by atoms with Crippen LogP contribution in [0.15, 0.2) is 23.4 Å². The van der Waals surface area contributed by atoms with E-state index in [1.165, 1.54) is 7.11 Å². The fraction of sp³-hybridized carbons (Fsp3) is 0.524. The molecule has 0 bridgehead atoms. The van der Waals surface area contributed by atoms with Gasteiger partial charge in [-0.3, -0.25) is 9.59 Å². The van der Waals surface area contributed by atoms with Crippen molar-refractivity contribution in [2.24, 2.45) is 5.16 Å². The number of rotatable bonds is 8. The molecule has 1 aromatic rings. The normalized spacial score (nSPS) is 21.1. The van der Waals surface area contributed by atoms with Gasteiger partial charge in [0, 0.05) is 18.0 Å². The predicted octanol–water partition coefficient (Wildman–Crippen LogP) is 2.38. The first-order valence-corrected chi connectivity index (χ1v) is 9.93. The number of carbonyl (C=O) groups is 2. The Hall–Kier alpha value is -3.28. The summed E-state index contributed by atoms with van der Waals surface area (Å²) in [5, 5.41) is 25.1. The number of carbonyl (C=O) groups excluding carboxylic acids is 1. The summed E-state index contributed by atoms with van der Waals surface area (Å²) in [4.78, 5) is 29.9. The Kier molecular flexibility index (Phi) is 6.77. The first-order chi connectivity index (χ1) is 14.5. The topological polar surface area (TPSA) is 130 Å². The monoisotopic (exact) mass is 415 g/mol. The number of carboxylic acids is 1. The standard InChI is InChI=1S/C21H25N3O6/c1-28-18-11-14(7-8-17(18)29-10-9-22)16-12-21(30-24-16,13-19(25)26)20(27)23-15-5-3-2-4-6-15/h7-8,11,15H,2-6,10,12-13H2,1H3,(H,23,27)(H,25,26)/t21-/m0/s1. The first-order valence-electron chi connectivity index (χ1n) is 9.93. The summed E-state index contributed by atoms with van der Waals surface area (Å²) in [6.07, 6.45) is 4.53. The van der Waals surface area contributed by atoms with Gasteiger partial charge in [0.15, 0.2) is 18.1 Å². The van der Waals surface area contributed by atoms with Crippen LogP contribution in [0.4, 0.5) is 0 Å². The van der Waals surface area contributed by atoms with Crippen LogP contribution in [0.5, 0.6) is 11.5 Å². The average molecular weight is 415 g/mol. The van der Waals surface area contributed by atoms with Gasteiger partial charge in [-0.1, -0.05) is 24.4 Å². The lowest BCUT2D eigenvalue weighted by Crippen LogP contribution is -2.52. The number of oxime groups is 1. The third-order valence-corrected chi connectivity index (χ3v) is 5.36. The lowest BCUT2D eigenvalue weighted by atomic mass is 9.88. The minimum absolute atomic E-state index is 0.0272. The fourth-order valence-corrected chi connectivity index (χ4v) is 3.81. The summed E-state index contributed by atoms with van der Waals surface area (Å²) in [5.41, 5.74) is -0.518. The molecule has 0 aromatic heterocycles. The number of aliphatic carboxylic acids is 1. The number of benzene rings is 1. The van der Waals surface area contributed by atoms with E-state index in [0.29, 0.717) is 22.8 Å². The van der Waals surface area contributed by atoms with E-state index < -0.39 is 23.9 Å². The fourth-order valence-electron chi connectivity index (χ4n) is 3.81. The zero-order valence-corrected chi connectivity index (χ0v) is 16.8. The Labute approximate surface area is 174 Å². The number of nitrogens with zero attached hydrogens (tertiary/aromatic N) is 2. The van der Waals surface area contributed by atoms with E-state index in [9.17, 15) is 14.7 Å². The van der Waals surface area contributed by atoms with Gasteiger partial charge in [-0.25, -0.2) is 0 Å². The summed E-state index contributed by atoms with van der Waals surface area (Å²) in [7, 11) is 1.47. The van der Waals surface area contributed by atoms with Crippen LogP contribution in [0.25, 0.3) is 0 Å². The van der Waals surface area contributed by atoms with Crippen LogP contribution < -0.4 is 14.8 Å². The van der Waals surface area contributed by atoms with Crippen LogP contribution in [-0.2, 0) is 14.4 Å². The quantitative estimate of drug-likeness (QED) is 0.666. The average Bonchev–Trinajstić information content (AvgIpc) is 3.17. The second-order valence-corrected chi connectivity index (χ2v) is 7.49. The maximum absolute atomic E-state index is 13.0. The molecule has 0 unspecified atom stereocenters. The van der Waals surface area contributed by atoms with Gasteiger partial charge in [0.2, 0.25) is 5.60 Å². The molecule has 1 aromatic carbocycles. The van der Waals surface area contributed by atoms with Crippen LogP contribution >= 0.6 is 0 Å². The van der Waals surface area contributed by atoms with Crippen molar-refractivity contribution in [3.8, 4) is 17.6 Å². The van der Waals surface area contributed by atoms with E-state index in [1.54, 1.807) is 18.2 Å². The maximum Gasteiger partial charge on any atom is 0.308 e. The number of ether oxygens (including phenoxy) is 2. The van der Waals surface area contributed by atoms with Gasteiger partial charge in [0.1, 0.15) is 6.07 Å². The largest absolute Gasteiger partial charge is 0.493 e. The van der Waals surface area contributed by atoms with Crippen LogP contribution in [0, 0.1) is 11.3 Å². The van der Waals surface area contributed by atoms with Crippen LogP contribution in [0.2, 0.25) is 0 Å². The lowest BCUT2D eigenvalue weighted by molar-refractivity contribution is -0.156. The zero-order chi connectivity index (χ0) is 21.6. The minimum Gasteiger partial charge on any atom is -0.493 e. The van der Waals surface area contributed by atoms with Gasteiger partial charge in [0.25, 0.3) is 5.91 Å². The molecule has 2 N–H and O–H groups in total. The maximum atomic E-state index is 13.0. The SMILES string of the molecule is COc1cc(C2=NO[C@@](CC(=O)O)(C(=O)NC3CCCCC3)C2)ccc1OCC#N. The van der Waals surface area contributed by atoms with E-state index in [-0.39, 0.29) is 19.1 Å². The predicted molar refractivity (Wildman–Crippen MR) is 106 cm³/mol. The van der Waals surface area contributed by atoms with Crippen molar-refractivity contribution >= 4 is 17.6 Å². The van der Waals surface area contributed by atoms with Crippen molar-refractivity contribution in [2.45, 2.75) is 56.6 Å². The van der Waals surface area contributed by atoms with Crippen molar-refractivity contribution in [1.82, 2.24) is 5.32 Å². The number of methoxy groups -OCH3 is 1. The molecule has 2 aliphatic rings. The molecule has 1 aliphatic carbocycles. The minimum atomic E-state index is -1.58. The van der Waals surface area contributed by atoms with Crippen molar-refractivity contribution in [2.75, 3.05) is 13.7 Å². The van der Waals surface area contributed by atoms with E-state index in [2.05, 4.69) is 10.5 Å². The Balaban J connectivity index is 1.77. The van der Waals surface area contributed by atoms with Crippen molar-refractivity contribution in [1.29, 1.82) is 5.26 Å². The highest BCUT2D eigenvalue weighted by molar-refractivity contribution is 6.06. The Morgan fingerprint density at radius 2 is 2.10 bits per heavy atom. The molecule has 3 rings (SSSR count). The molecule has 1 amide bonds. The van der Waals surface area contributed by atoms with Gasteiger partial charge in [-0.2, -0.15) is 5.26 Å². The molecule has 9 nitrogen and oxygen atoms in total. The van der Waals surface area contributed by atoms with Gasteiger partial charge >= 0.3 is 5.97 Å². The van der Waals surface area contributed by atoms with Crippen molar-refractivity contribution in [3.05, 3.63) is 23.8 Å². The molecule has 9 heteroatoms. The summed E-state index contributed by atoms with van der Waals surface area (Å²) < 4.78 is 10.6. The third kappa shape index (κ3) is 4.82. The van der Waals surface area contributed by atoms with Crippen LogP contribution in [0.3, 0.4) is 0 Å². The summed E-state index contributed by atoms with van der Waals surface area (Å²) in [6.45, 7) is -0.122. The molecule has 0 saturated heterocycles. The van der Waals surface area contributed by atoms with Gasteiger partial charge in [-0.15, -0.1) is 0 Å². The van der Waals surface area contributed by atoms with Gasteiger partial charge in [-0.05, 0) is 31.0 Å². The van der Waals surface area contributed by atoms with Crippen molar-refractivity contribution < 1.29 is 29.0 Å². The third-order valence-electron chi connectivity index (χ3n) is 5.36. The highest BCUT2D eigenvalue weighted by Crippen LogP contribution is 2.34.